The summed E-state index contributed by atoms with van der Waals surface area (Å²) in [6.07, 6.45) is 1.57. The first-order valence-electron chi connectivity index (χ1n) is 5.05. The van der Waals surface area contributed by atoms with Gasteiger partial charge in [-0.05, 0) is 12.1 Å². The number of carbonyl (C=O) groups is 1. The average molecular weight is 249 g/mol. The predicted octanol–water partition coefficient (Wildman–Crippen LogP) is 2.66. The Morgan fingerprint density at radius 3 is 2.82 bits per heavy atom. The molecule has 1 N–H and O–H groups in total. The summed E-state index contributed by atoms with van der Waals surface area (Å²) in [6, 6.07) is 9.59. The van der Waals surface area contributed by atoms with Crippen LogP contribution >= 0.6 is 11.8 Å². The van der Waals surface area contributed by atoms with Crippen LogP contribution < -0.4 is 0 Å². The molecule has 0 spiro atoms. The van der Waals surface area contributed by atoms with Gasteiger partial charge in [0.15, 0.2) is 0 Å². The van der Waals surface area contributed by atoms with E-state index in [0.29, 0.717) is 11.6 Å². The molecule has 5 heteroatoms. The van der Waals surface area contributed by atoms with Crippen molar-refractivity contribution < 1.29 is 14.3 Å². The van der Waals surface area contributed by atoms with Gasteiger partial charge in [0.05, 0.1) is 11.4 Å². The van der Waals surface area contributed by atoms with Gasteiger partial charge in [0.25, 0.3) is 0 Å². The summed E-state index contributed by atoms with van der Waals surface area (Å²) in [5.41, 5.74) is 1.68. The van der Waals surface area contributed by atoms with Crippen LogP contribution in [-0.2, 0) is 10.5 Å². The van der Waals surface area contributed by atoms with E-state index in [1.54, 1.807) is 6.26 Å². The van der Waals surface area contributed by atoms with Crippen molar-refractivity contribution in [1.82, 2.24) is 4.98 Å². The number of oxazole rings is 1. The van der Waals surface area contributed by atoms with Gasteiger partial charge in [0.1, 0.15) is 6.26 Å². The van der Waals surface area contributed by atoms with Crippen LogP contribution in [-0.4, -0.2) is 21.8 Å². The summed E-state index contributed by atoms with van der Waals surface area (Å²) in [5.74, 6) is 0.370. The quantitative estimate of drug-likeness (QED) is 0.882. The van der Waals surface area contributed by atoms with Gasteiger partial charge >= 0.3 is 5.97 Å². The van der Waals surface area contributed by atoms with Crippen molar-refractivity contribution in [2.45, 2.75) is 5.75 Å². The van der Waals surface area contributed by atoms with E-state index in [4.69, 9.17) is 9.52 Å². The molecular formula is C12H11NO3S. The molecule has 0 saturated carbocycles. The SMILES string of the molecule is O=C(O)CSCc1coc(-c2ccccc2)n1. The number of hydrogen-bond donors (Lipinski definition) is 1. The molecule has 0 radical (unpaired) electrons. The molecule has 0 unspecified atom stereocenters. The maximum Gasteiger partial charge on any atom is 0.313 e. The Kier molecular flexibility index (Phi) is 3.82. The maximum atomic E-state index is 10.4. The molecule has 17 heavy (non-hydrogen) atoms. The summed E-state index contributed by atoms with van der Waals surface area (Å²) < 4.78 is 5.34. The minimum atomic E-state index is -0.818. The van der Waals surface area contributed by atoms with Crippen molar-refractivity contribution in [2.75, 3.05) is 5.75 Å². The van der Waals surface area contributed by atoms with Crippen molar-refractivity contribution >= 4 is 17.7 Å². The standard InChI is InChI=1S/C12H11NO3S/c14-11(15)8-17-7-10-6-16-12(13-10)9-4-2-1-3-5-9/h1-6H,7-8H2,(H,14,15). The lowest BCUT2D eigenvalue weighted by molar-refractivity contribution is -0.133. The van der Waals surface area contributed by atoms with Gasteiger partial charge in [-0.3, -0.25) is 4.79 Å². The summed E-state index contributed by atoms with van der Waals surface area (Å²) in [4.78, 5) is 14.6. The lowest BCUT2D eigenvalue weighted by Crippen LogP contribution is -1.98. The Morgan fingerprint density at radius 2 is 2.12 bits per heavy atom. The molecule has 0 amide bonds. The number of benzene rings is 1. The number of thioether (sulfide) groups is 1. The van der Waals surface area contributed by atoms with E-state index in [1.165, 1.54) is 11.8 Å². The van der Waals surface area contributed by atoms with Crippen molar-refractivity contribution in [3.05, 3.63) is 42.3 Å². The molecule has 0 atom stereocenters. The number of rotatable bonds is 5. The molecule has 1 heterocycles. The van der Waals surface area contributed by atoms with Crippen LogP contribution in [0.3, 0.4) is 0 Å². The number of aromatic nitrogens is 1. The van der Waals surface area contributed by atoms with Gasteiger partial charge in [-0.15, -0.1) is 11.8 Å². The third kappa shape index (κ3) is 3.35. The average Bonchev–Trinajstić information content (AvgIpc) is 2.78. The van der Waals surface area contributed by atoms with Gasteiger partial charge in [0.2, 0.25) is 5.89 Å². The van der Waals surface area contributed by atoms with Crippen LogP contribution in [0.1, 0.15) is 5.69 Å². The molecule has 0 aliphatic rings. The number of hydrogen-bond acceptors (Lipinski definition) is 4. The highest BCUT2D eigenvalue weighted by atomic mass is 32.2. The number of aliphatic carboxylic acids is 1. The first-order chi connectivity index (χ1) is 8.25. The van der Waals surface area contributed by atoms with Crippen molar-refractivity contribution in [3.8, 4) is 11.5 Å². The molecule has 1 aromatic carbocycles. The zero-order chi connectivity index (χ0) is 12.1. The molecule has 0 bridgehead atoms. The van der Waals surface area contributed by atoms with E-state index in [1.807, 2.05) is 30.3 Å². The molecule has 4 nitrogen and oxygen atoms in total. The van der Waals surface area contributed by atoms with E-state index in [9.17, 15) is 4.79 Å². The van der Waals surface area contributed by atoms with Gasteiger partial charge < -0.3 is 9.52 Å². The Morgan fingerprint density at radius 1 is 1.35 bits per heavy atom. The minimum absolute atomic E-state index is 0.0769. The van der Waals surface area contributed by atoms with Crippen molar-refractivity contribution in [1.29, 1.82) is 0 Å². The Balaban J connectivity index is 1.99. The summed E-state index contributed by atoms with van der Waals surface area (Å²) >= 11 is 1.30. The monoisotopic (exact) mass is 249 g/mol. The minimum Gasteiger partial charge on any atom is -0.481 e. The first-order valence-corrected chi connectivity index (χ1v) is 6.20. The normalized spacial score (nSPS) is 10.4. The first kappa shape index (κ1) is 11.7. The lowest BCUT2D eigenvalue weighted by Gasteiger charge is -1.93. The van der Waals surface area contributed by atoms with E-state index in [0.717, 1.165) is 11.3 Å². The maximum absolute atomic E-state index is 10.4. The van der Waals surface area contributed by atoms with Crippen LogP contribution in [0.5, 0.6) is 0 Å². The Bertz CT molecular complexity index is 495. The fourth-order valence-corrected chi connectivity index (χ4v) is 1.95. The van der Waals surface area contributed by atoms with Crippen LogP contribution in [0.15, 0.2) is 41.0 Å². The van der Waals surface area contributed by atoms with Gasteiger partial charge in [-0.1, -0.05) is 18.2 Å². The molecule has 88 valence electrons. The molecule has 1 aromatic heterocycles. The largest absolute Gasteiger partial charge is 0.481 e. The van der Waals surface area contributed by atoms with Crippen molar-refractivity contribution in [2.24, 2.45) is 0 Å². The van der Waals surface area contributed by atoms with Crippen LogP contribution in [0.25, 0.3) is 11.5 Å². The summed E-state index contributed by atoms with van der Waals surface area (Å²) in [5, 5.41) is 8.51. The van der Waals surface area contributed by atoms with Crippen molar-refractivity contribution in [3.63, 3.8) is 0 Å². The molecule has 2 aromatic rings. The molecule has 0 aliphatic heterocycles. The molecular weight excluding hydrogens is 238 g/mol. The lowest BCUT2D eigenvalue weighted by atomic mass is 10.2. The number of carboxylic acids is 1. The van der Waals surface area contributed by atoms with E-state index in [2.05, 4.69) is 4.98 Å². The van der Waals surface area contributed by atoms with E-state index in [-0.39, 0.29) is 5.75 Å². The Hall–Kier alpha value is -1.75. The second-order valence-electron chi connectivity index (χ2n) is 3.40. The van der Waals surface area contributed by atoms with E-state index >= 15 is 0 Å². The number of nitrogens with zero attached hydrogens (tertiary/aromatic N) is 1. The molecule has 2 rings (SSSR count). The summed E-state index contributed by atoms with van der Waals surface area (Å²) in [7, 11) is 0. The second-order valence-corrected chi connectivity index (χ2v) is 4.38. The van der Waals surface area contributed by atoms with Gasteiger partial charge in [-0.2, -0.15) is 0 Å². The highest BCUT2D eigenvalue weighted by molar-refractivity contribution is 7.99. The third-order valence-corrected chi connectivity index (χ3v) is 3.00. The topological polar surface area (TPSA) is 63.3 Å². The van der Waals surface area contributed by atoms with Crippen LogP contribution in [0.4, 0.5) is 0 Å². The second kappa shape index (κ2) is 5.54. The number of carboxylic acid groups (broad SMARTS) is 1. The highest BCUT2D eigenvalue weighted by Gasteiger charge is 2.06. The zero-order valence-corrected chi connectivity index (χ0v) is 9.81. The fourth-order valence-electron chi connectivity index (χ4n) is 1.33. The van der Waals surface area contributed by atoms with Gasteiger partial charge in [0, 0.05) is 11.3 Å². The molecule has 0 saturated heterocycles. The third-order valence-electron chi connectivity index (χ3n) is 2.05. The smallest absolute Gasteiger partial charge is 0.313 e. The van der Waals surface area contributed by atoms with Crippen LogP contribution in [0.2, 0.25) is 0 Å². The predicted molar refractivity (Wildman–Crippen MR) is 65.7 cm³/mol. The van der Waals surface area contributed by atoms with Gasteiger partial charge in [-0.25, -0.2) is 4.98 Å². The fraction of sp³-hybridized carbons (Fsp3) is 0.167. The highest BCUT2D eigenvalue weighted by Crippen LogP contribution is 2.20. The summed E-state index contributed by atoms with van der Waals surface area (Å²) in [6.45, 7) is 0. The van der Waals surface area contributed by atoms with E-state index < -0.39 is 5.97 Å². The zero-order valence-electron chi connectivity index (χ0n) is 9.00. The molecule has 0 fully saturated rings. The Labute approximate surface area is 103 Å². The van der Waals surface area contributed by atoms with Crippen LogP contribution in [0, 0.1) is 0 Å². The molecule has 0 aliphatic carbocycles.